The number of rotatable bonds is 23. The number of allylic oxidation sites excluding steroid dienone is 4. The third-order valence-electron chi connectivity index (χ3n) is 6.06. The molecule has 3 atom stereocenters. The van der Waals surface area contributed by atoms with Crippen LogP contribution in [-0.2, 0) is 28.8 Å². The number of unbranched alkanes of at least 4 members (excludes halogenated alkanes) is 1. The second-order valence-electron chi connectivity index (χ2n) is 10.7. The fourth-order valence-electron chi connectivity index (χ4n) is 3.84. The highest BCUT2D eigenvalue weighted by atomic mass is 16.4. The maximum absolute atomic E-state index is 13.0. The van der Waals surface area contributed by atoms with E-state index in [-0.39, 0.29) is 18.9 Å². The van der Waals surface area contributed by atoms with E-state index in [1.54, 1.807) is 33.0 Å². The van der Waals surface area contributed by atoms with Gasteiger partial charge < -0.3 is 36.8 Å². The van der Waals surface area contributed by atoms with Crippen molar-refractivity contribution >= 4 is 35.6 Å². The zero-order valence-electron chi connectivity index (χ0n) is 25.8. The molecule has 0 saturated heterocycles. The third-order valence-corrected chi connectivity index (χ3v) is 6.06. The Morgan fingerprint density at radius 3 is 1.88 bits per heavy atom. The Morgan fingerprint density at radius 1 is 0.721 bits per heavy atom. The van der Waals surface area contributed by atoms with Gasteiger partial charge in [0.1, 0.15) is 18.1 Å². The average molecular weight is 608 g/mol. The van der Waals surface area contributed by atoms with Gasteiger partial charge in [0.25, 0.3) is 0 Å². The van der Waals surface area contributed by atoms with Gasteiger partial charge in [-0.05, 0) is 72.9 Å². The zero-order chi connectivity index (χ0) is 32.9. The zero-order valence-corrected chi connectivity index (χ0v) is 25.8. The van der Waals surface area contributed by atoms with Crippen LogP contribution in [-0.4, -0.2) is 83.5 Å². The summed E-state index contributed by atoms with van der Waals surface area (Å²) >= 11 is 0. The van der Waals surface area contributed by atoms with Crippen molar-refractivity contribution < 1.29 is 39.0 Å². The van der Waals surface area contributed by atoms with Crippen LogP contribution in [0, 0.1) is 0 Å². The number of carbonyl (C=O) groups is 6. The smallest absolute Gasteiger partial charge is 0.326 e. The monoisotopic (exact) mass is 607 g/mol. The molecule has 0 aromatic rings. The van der Waals surface area contributed by atoms with Crippen molar-refractivity contribution in [1.82, 2.24) is 26.6 Å². The van der Waals surface area contributed by atoms with Crippen LogP contribution in [0.1, 0.15) is 78.6 Å². The molecule has 0 aliphatic carbocycles. The summed E-state index contributed by atoms with van der Waals surface area (Å²) in [5.41, 5.74) is 1.63. The minimum absolute atomic E-state index is 0.0235. The van der Waals surface area contributed by atoms with Gasteiger partial charge in [0, 0.05) is 18.9 Å². The number of nitrogens with one attached hydrogen (secondary N) is 5. The minimum Gasteiger partial charge on any atom is -0.481 e. The van der Waals surface area contributed by atoms with Crippen molar-refractivity contribution in [2.75, 3.05) is 13.6 Å². The SMILES string of the molecule is C=C(C)/C=C\C(=C)CCCC(=O)NC(CCC(=O)O)C(=O)NC(CC(=O)NC(CCCCNC)C(=O)NC(C)C)C(=O)O. The van der Waals surface area contributed by atoms with E-state index >= 15 is 0 Å². The van der Waals surface area contributed by atoms with E-state index in [0.29, 0.717) is 25.7 Å². The summed E-state index contributed by atoms with van der Waals surface area (Å²) in [6.45, 7) is 13.7. The molecule has 0 fully saturated rings. The molecule has 13 nitrogen and oxygen atoms in total. The highest BCUT2D eigenvalue weighted by Crippen LogP contribution is 2.09. The van der Waals surface area contributed by atoms with Crippen LogP contribution in [0.25, 0.3) is 0 Å². The summed E-state index contributed by atoms with van der Waals surface area (Å²) in [7, 11) is 1.80. The number of carbonyl (C=O) groups excluding carboxylic acids is 4. The van der Waals surface area contributed by atoms with Crippen molar-refractivity contribution in [2.45, 2.75) is 103 Å². The van der Waals surface area contributed by atoms with Crippen LogP contribution in [0.5, 0.6) is 0 Å². The normalized spacial score (nSPS) is 13.0. The first-order chi connectivity index (χ1) is 20.2. The van der Waals surface area contributed by atoms with Crippen molar-refractivity contribution in [3.05, 3.63) is 36.5 Å². The van der Waals surface area contributed by atoms with Gasteiger partial charge in [-0.3, -0.25) is 24.0 Å². The Labute approximate surface area is 254 Å². The number of aliphatic carboxylic acids is 2. The van der Waals surface area contributed by atoms with Gasteiger partial charge in [-0.25, -0.2) is 4.79 Å². The van der Waals surface area contributed by atoms with Gasteiger partial charge in [-0.2, -0.15) is 0 Å². The van der Waals surface area contributed by atoms with Crippen molar-refractivity contribution in [1.29, 1.82) is 0 Å². The molecule has 0 heterocycles. The molecule has 0 rings (SSSR count). The number of hydrogen-bond acceptors (Lipinski definition) is 7. The molecule has 7 N–H and O–H groups in total. The summed E-state index contributed by atoms with van der Waals surface area (Å²) in [5, 5.41) is 31.7. The second-order valence-corrected chi connectivity index (χ2v) is 10.7. The lowest BCUT2D eigenvalue weighted by Crippen LogP contribution is -2.54. The predicted octanol–water partition coefficient (Wildman–Crippen LogP) is 1.55. The Balaban J connectivity index is 5.35. The maximum atomic E-state index is 13.0. The minimum atomic E-state index is -1.68. The molecule has 13 heteroatoms. The van der Waals surface area contributed by atoms with E-state index in [2.05, 4.69) is 39.7 Å². The largest absolute Gasteiger partial charge is 0.481 e. The molecule has 0 aromatic heterocycles. The molecular weight excluding hydrogens is 558 g/mol. The van der Waals surface area contributed by atoms with Gasteiger partial charge >= 0.3 is 11.9 Å². The van der Waals surface area contributed by atoms with Crippen LogP contribution in [0.15, 0.2) is 36.5 Å². The van der Waals surface area contributed by atoms with Gasteiger partial charge in [0.05, 0.1) is 6.42 Å². The molecule has 0 aliphatic heterocycles. The van der Waals surface area contributed by atoms with Gasteiger partial charge in [-0.1, -0.05) is 36.5 Å². The summed E-state index contributed by atoms with van der Waals surface area (Å²) in [6, 6.07) is -4.09. The molecule has 0 aliphatic rings. The lowest BCUT2D eigenvalue weighted by molar-refractivity contribution is -0.144. The molecule has 0 radical (unpaired) electrons. The molecule has 43 heavy (non-hydrogen) atoms. The van der Waals surface area contributed by atoms with Gasteiger partial charge in [-0.15, -0.1) is 0 Å². The van der Waals surface area contributed by atoms with E-state index in [9.17, 15) is 33.9 Å². The lowest BCUT2D eigenvalue weighted by Gasteiger charge is -2.23. The Bertz CT molecular complexity index is 1020. The molecule has 4 amide bonds. The van der Waals surface area contributed by atoms with Crippen LogP contribution in [0.2, 0.25) is 0 Å². The van der Waals surface area contributed by atoms with Crippen molar-refractivity contribution in [3.63, 3.8) is 0 Å². The molecule has 0 bridgehead atoms. The first kappa shape index (κ1) is 39.0. The molecule has 0 aromatic carbocycles. The summed E-state index contributed by atoms with van der Waals surface area (Å²) < 4.78 is 0. The molecule has 242 valence electrons. The van der Waals surface area contributed by atoms with Crippen LogP contribution in [0.4, 0.5) is 0 Å². The van der Waals surface area contributed by atoms with Gasteiger partial charge in [0.15, 0.2) is 0 Å². The number of carboxylic acids is 2. The first-order valence-corrected chi connectivity index (χ1v) is 14.5. The lowest BCUT2D eigenvalue weighted by atomic mass is 10.1. The van der Waals surface area contributed by atoms with Crippen molar-refractivity contribution in [3.8, 4) is 0 Å². The molecular formula is C30H49N5O8. The van der Waals surface area contributed by atoms with Crippen LogP contribution >= 0.6 is 0 Å². The van der Waals surface area contributed by atoms with Crippen LogP contribution < -0.4 is 26.6 Å². The predicted molar refractivity (Wildman–Crippen MR) is 163 cm³/mol. The first-order valence-electron chi connectivity index (χ1n) is 14.5. The van der Waals surface area contributed by atoms with Gasteiger partial charge in [0.2, 0.25) is 23.6 Å². The van der Waals surface area contributed by atoms with E-state index < -0.39 is 66.5 Å². The Morgan fingerprint density at radius 2 is 1.33 bits per heavy atom. The maximum Gasteiger partial charge on any atom is 0.326 e. The highest BCUT2D eigenvalue weighted by Gasteiger charge is 2.30. The number of carboxylic acid groups (broad SMARTS) is 2. The topological polar surface area (TPSA) is 203 Å². The third kappa shape index (κ3) is 19.7. The second kappa shape index (κ2) is 21.7. The fourth-order valence-corrected chi connectivity index (χ4v) is 3.84. The summed E-state index contributed by atoms with van der Waals surface area (Å²) in [5.74, 6) is -5.35. The average Bonchev–Trinajstić information content (AvgIpc) is 2.90. The Kier molecular flexibility index (Phi) is 19.7. The standard InChI is InChI=1S/C30H49N5O8/c1-19(2)13-14-21(5)10-9-12-25(36)33-23(15-16-27(38)39)29(41)35-24(30(42)43)18-26(37)34-22(11-7-8-17-31-6)28(40)32-20(3)4/h13-14,20,22-24,31H,1,5,7-12,15-18H2,2-4,6H3,(H,32,40)(H,33,36)(H,34,37)(H,35,41)(H,38,39)(H,42,43)/b14-13-. The summed E-state index contributed by atoms with van der Waals surface area (Å²) in [4.78, 5) is 73.9. The fraction of sp³-hybridized carbons (Fsp3) is 0.600. The quantitative estimate of drug-likeness (QED) is 0.0664. The molecule has 0 spiro atoms. The van der Waals surface area contributed by atoms with Crippen molar-refractivity contribution in [2.24, 2.45) is 0 Å². The van der Waals surface area contributed by atoms with E-state index in [1.165, 1.54) is 0 Å². The Hall–Kier alpha value is -4.00. The highest BCUT2D eigenvalue weighted by molar-refractivity contribution is 5.94. The van der Waals surface area contributed by atoms with E-state index in [1.807, 2.05) is 6.92 Å². The van der Waals surface area contributed by atoms with Crippen LogP contribution in [0.3, 0.4) is 0 Å². The molecule has 3 unspecified atom stereocenters. The van der Waals surface area contributed by atoms with E-state index in [4.69, 9.17) is 5.11 Å². The number of hydrogen-bond donors (Lipinski definition) is 7. The summed E-state index contributed by atoms with van der Waals surface area (Å²) in [6.07, 6.45) is 4.81. The number of amides is 4. The molecule has 0 saturated carbocycles. The van der Waals surface area contributed by atoms with E-state index in [0.717, 1.165) is 24.1 Å².